The van der Waals surface area contributed by atoms with Gasteiger partial charge in [0.1, 0.15) is 5.75 Å². The number of unbranched alkanes of at least 4 members (excludes halogenated alkanes) is 1. The van der Waals surface area contributed by atoms with Crippen molar-refractivity contribution < 1.29 is 14.6 Å². The van der Waals surface area contributed by atoms with Crippen LogP contribution in [0.25, 0.3) is 6.08 Å². The fourth-order valence-corrected chi connectivity index (χ4v) is 1.16. The molecule has 0 aliphatic heterocycles. The van der Waals surface area contributed by atoms with Gasteiger partial charge in [0.2, 0.25) is 0 Å². The van der Waals surface area contributed by atoms with Gasteiger partial charge in [0.05, 0.1) is 6.61 Å². The van der Waals surface area contributed by atoms with E-state index in [0.29, 0.717) is 6.61 Å². The molecule has 1 aromatic carbocycles. The van der Waals surface area contributed by atoms with Crippen LogP contribution in [0.4, 0.5) is 0 Å². The summed E-state index contributed by atoms with van der Waals surface area (Å²) in [5.41, 5.74) is 0.771. The summed E-state index contributed by atoms with van der Waals surface area (Å²) in [4.78, 5) is 11.2. The maximum absolute atomic E-state index is 11.2. The lowest BCUT2D eigenvalue weighted by Gasteiger charge is -1.99. The molecule has 0 aromatic heterocycles. The Bertz CT molecular complexity index is 369. The van der Waals surface area contributed by atoms with Gasteiger partial charge in [0, 0.05) is 6.08 Å². The molecule has 1 N–H and O–H groups in total. The average molecular weight is 220 g/mol. The van der Waals surface area contributed by atoms with Crippen molar-refractivity contribution in [1.29, 1.82) is 0 Å². The number of hydrogen-bond acceptors (Lipinski definition) is 3. The lowest BCUT2D eigenvalue weighted by Crippen LogP contribution is -2.01. The van der Waals surface area contributed by atoms with Crippen molar-refractivity contribution in [2.45, 2.75) is 19.8 Å². The van der Waals surface area contributed by atoms with Crippen LogP contribution in [-0.4, -0.2) is 17.7 Å². The van der Waals surface area contributed by atoms with Gasteiger partial charge in [-0.15, -0.1) is 0 Å². The Morgan fingerprint density at radius 3 is 3.00 bits per heavy atom. The van der Waals surface area contributed by atoms with Crippen molar-refractivity contribution >= 4 is 12.0 Å². The number of carbonyl (C=O) groups excluding carboxylic acids is 1. The molecule has 1 aromatic rings. The average Bonchev–Trinajstić information content (AvgIpc) is 2.27. The fourth-order valence-electron chi connectivity index (χ4n) is 1.16. The highest BCUT2D eigenvalue weighted by atomic mass is 16.5. The minimum absolute atomic E-state index is 0.182. The second-order valence-electron chi connectivity index (χ2n) is 3.45. The highest BCUT2D eigenvalue weighted by Crippen LogP contribution is 2.11. The molecular formula is C13H16O3. The Morgan fingerprint density at radius 2 is 2.31 bits per heavy atom. The Labute approximate surface area is 95.4 Å². The molecule has 0 heterocycles. The molecule has 3 heteroatoms. The van der Waals surface area contributed by atoms with E-state index in [2.05, 4.69) is 0 Å². The van der Waals surface area contributed by atoms with Gasteiger partial charge < -0.3 is 9.84 Å². The van der Waals surface area contributed by atoms with Gasteiger partial charge in [-0.2, -0.15) is 0 Å². The third-order valence-corrected chi connectivity index (χ3v) is 2.02. The van der Waals surface area contributed by atoms with E-state index in [1.54, 1.807) is 30.3 Å². The predicted molar refractivity (Wildman–Crippen MR) is 63.0 cm³/mol. The minimum Gasteiger partial charge on any atom is -0.508 e. The van der Waals surface area contributed by atoms with Gasteiger partial charge in [-0.25, -0.2) is 4.79 Å². The van der Waals surface area contributed by atoms with Gasteiger partial charge in [-0.3, -0.25) is 0 Å². The van der Waals surface area contributed by atoms with Crippen LogP contribution in [-0.2, 0) is 9.53 Å². The van der Waals surface area contributed by atoms with Crippen LogP contribution in [0.5, 0.6) is 5.75 Å². The normalized spacial score (nSPS) is 10.6. The molecular weight excluding hydrogens is 204 g/mol. The first-order valence-electron chi connectivity index (χ1n) is 5.36. The van der Waals surface area contributed by atoms with E-state index in [0.717, 1.165) is 18.4 Å². The van der Waals surface area contributed by atoms with Crippen molar-refractivity contribution in [2.75, 3.05) is 6.61 Å². The van der Waals surface area contributed by atoms with E-state index in [4.69, 9.17) is 4.74 Å². The molecule has 0 fully saturated rings. The first-order chi connectivity index (χ1) is 7.72. The molecule has 0 saturated carbocycles. The molecule has 0 spiro atoms. The summed E-state index contributed by atoms with van der Waals surface area (Å²) in [6, 6.07) is 6.68. The van der Waals surface area contributed by atoms with Crippen molar-refractivity contribution in [1.82, 2.24) is 0 Å². The Hall–Kier alpha value is -1.77. The summed E-state index contributed by atoms with van der Waals surface area (Å²) < 4.78 is 4.95. The standard InChI is InChI=1S/C13H16O3/c1-2-3-9-16-13(15)8-7-11-5-4-6-12(14)10-11/h4-8,10,14H,2-3,9H2,1H3/b8-7+. The van der Waals surface area contributed by atoms with Crippen LogP contribution in [0.2, 0.25) is 0 Å². The van der Waals surface area contributed by atoms with E-state index in [1.165, 1.54) is 6.08 Å². The van der Waals surface area contributed by atoms with Gasteiger partial charge in [-0.05, 0) is 30.2 Å². The zero-order valence-corrected chi connectivity index (χ0v) is 9.35. The van der Waals surface area contributed by atoms with Crippen molar-refractivity contribution in [3.8, 4) is 5.75 Å². The number of esters is 1. The summed E-state index contributed by atoms with van der Waals surface area (Å²) in [6.07, 6.45) is 4.87. The second kappa shape index (κ2) is 6.67. The molecule has 0 saturated heterocycles. The SMILES string of the molecule is CCCCOC(=O)/C=C/c1cccc(O)c1. The maximum atomic E-state index is 11.2. The summed E-state index contributed by atoms with van der Waals surface area (Å²) in [6.45, 7) is 2.50. The molecule has 0 bridgehead atoms. The van der Waals surface area contributed by atoms with E-state index in [-0.39, 0.29) is 11.7 Å². The monoisotopic (exact) mass is 220 g/mol. The van der Waals surface area contributed by atoms with Crippen LogP contribution in [0.15, 0.2) is 30.3 Å². The zero-order chi connectivity index (χ0) is 11.8. The summed E-state index contributed by atoms with van der Waals surface area (Å²) in [5, 5.41) is 9.20. The smallest absolute Gasteiger partial charge is 0.330 e. The number of benzene rings is 1. The Kier molecular flexibility index (Phi) is 5.12. The third kappa shape index (κ3) is 4.64. The third-order valence-electron chi connectivity index (χ3n) is 2.02. The molecule has 3 nitrogen and oxygen atoms in total. The van der Waals surface area contributed by atoms with Crippen LogP contribution in [0.1, 0.15) is 25.3 Å². The highest BCUT2D eigenvalue weighted by molar-refractivity contribution is 5.87. The zero-order valence-electron chi connectivity index (χ0n) is 9.35. The number of phenolic OH excluding ortho intramolecular Hbond substituents is 1. The highest BCUT2D eigenvalue weighted by Gasteiger charge is 1.96. The van der Waals surface area contributed by atoms with Crippen LogP contribution < -0.4 is 0 Å². The van der Waals surface area contributed by atoms with Crippen molar-refractivity contribution in [3.63, 3.8) is 0 Å². The molecule has 0 radical (unpaired) electrons. The van der Waals surface area contributed by atoms with Gasteiger partial charge in [-0.1, -0.05) is 25.5 Å². The van der Waals surface area contributed by atoms with Crippen LogP contribution >= 0.6 is 0 Å². The number of hydrogen-bond donors (Lipinski definition) is 1. The Balaban J connectivity index is 2.44. The summed E-state index contributed by atoms with van der Waals surface area (Å²) in [7, 11) is 0. The van der Waals surface area contributed by atoms with E-state index in [9.17, 15) is 9.90 Å². The van der Waals surface area contributed by atoms with Gasteiger partial charge in [0.15, 0.2) is 0 Å². The minimum atomic E-state index is -0.350. The number of aromatic hydroxyl groups is 1. The molecule has 0 unspecified atom stereocenters. The van der Waals surface area contributed by atoms with E-state index >= 15 is 0 Å². The summed E-state index contributed by atoms with van der Waals surface area (Å²) in [5.74, 6) is -0.168. The van der Waals surface area contributed by atoms with Gasteiger partial charge >= 0.3 is 5.97 Å². The van der Waals surface area contributed by atoms with Crippen LogP contribution in [0, 0.1) is 0 Å². The van der Waals surface area contributed by atoms with Crippen molar-refractivity contribution in [3.05, 3.63) is 35.9 Å². The number of carbonyl (C=O) groups is 1. The molecule has 0 aliphatic rings. The largest absolute Gasteiger partial charge is 0.508 e. The lowest BCUT2D eigenvalue weighted by atomic mass is 10.2. The lowest BCUT2D eigenvalue weighted by molar-refractivity contribution is -0.137. The number of phenols is 1. The fraction of sp³-hybridized carbons (Fsp3) is 0.308. The first kappa shape index (κ1) is 12.3. The number of rotatable bonds is 5. The molecule has 0 amide bonds. The molecule has 0 aliphatic carbocycles. The van der Waals surface area contributed by atoms with Crippen molar-refractivity contribution in [2.24, 2.45) is 0 Å². The summed E-state index contributed by atoms with van der Waals surface area (Å²) >= 11 is 0. The van der Waals surface area contributed by atoms with Gasteiger partial charge in [0.25, 0.3) is 0 Å². The predicted octanol–water partition coefficient (Wildman–Crippen LogP) is 2.75. The van der Waals surface area contributed by atoms with E-state index in [1.807, 2.05) is 6.92 Å². The number of ether oxygens (including phenoxy) is 1. The molecule has 16 heavy (non-hydrogen) atoms. The van der Waals surface area contributed by atoms with E-state index < -0.39 is 0 Å². The Morgan fingerprint density at radius 1 is 1.50 bits per heavy atom. The molecule has 86 valence electrons. The maximum Gasteiger partial charge on any atom is 0.330 e. The second-order valence-corrected chi connectivity index (χ2v) is 3.45. The topological polar surface area (TPSA) is 46.5 Å². The molecule has 1 rings (SSSR count). The first-order valence-corrected chi connectivity index (χ1v) is 5.36. The quantitative estimate of drug-likeness (QED) is 0.471. The van der Waals surface area contributed by atoms with Crippen LogP contribution in [0.3, 0.4) is 0 Å². The molecule has 0 atom stereocenters.